The summed E-state index contributed by atoms with van der Waals surface area (Å²) in [6.07, 6.45) is 1.04. The molecule has 0 radical (unpaired) electrons. The Bertz CT molecular complexity index is 367. The Morgan fingerprint density at radius 3 is 2.74 bits per heavy atom. The summed E-state index contributed by atoms with van der Waals surface area (Å²) in [7, 11) is 0. The molecule has 3 atom stereocenters. The second-order valence-corrected chi connectivity index (χ2v) is 7.58. The van der Waals surface area contributed by atoms with Crippen molar-refractivity contribution in [2.24, 2.45) is 0 Å². The molecule has 2 aliphatic heterocycles. The van der Waals surface area contributed by atoms with Gasteiger partial charge in [-0.2, -0.15) is 11.8 Å². The first kappa shape index (κ1) is 14.8. The molecular weight excluding hydrogens is 284 g/mol. The van der Waals surface area contributed by atoms with Crippen LogP contribution in [0.3, 0.4) is 0 Å². The van der Waals surface area contributed by atoms with Crippen molar-refractivity contribution in [2.75, 3.05) is 24.6 Å². The summed E-state index contributed by atoms with van der Waals surface area (Å²) in [6.45, 7) is 5.49. The Balaban J connectivity index is 2.07. The molecule has 0 spiro atoms. The Labute approximate surface area is 122 Å². The lowest BCUT2D eigenvalue weighted by molar-refractivity contribution is -0.141. The zero-order valence-electron chi connectivity index (χ0n) is 11.2. The molecule has 2 fully saturated rings. The van der Waals surface area contributed by atoms with Gasteiger partial charge in [0.2, 0.25) is 0 Å². The fourth-order valence-electron chi connectivity index (χ4n) is 2.43. The van der Waals surface area contributed by atoms with E-state index in [0.29, 0.717) is 11.0 Å². The molecule has 0 aromatic rings. The minimum absolute atomic E-state index is 0.0525. The lowest BCUT2D eigenvalue weighted by atomic mass is 10.2. The summed E-state index contributed by atoms with van der Waals surface area (Å²) in [5.41, 5.74) is 0. The van der Waals surface area contributed by atoms with Gasteiger partial charge < -0.3 is 10.0 Å². The molecule has 7 heteroatoms. The van der Waals surface area contributed by atoms with Gasteiger partial charge in [0.1, 0.15) is 6.04 Å². The van der Waals surface area contributed by atoms with Gasteiger partial charge >= 0.3 is 12.0 Å². The maximum atomic E-state index is 12.6. The van der Waals surface area contributed by atoms with Crippen molar-refractivity contribution in [1.82, 2.24) is 9.80 Å². The first-order valence-electron chi connectivity index (χ1n) is 6.57. The molecule has 2 saturated heterocycles. The number of amides is 2. The molecule has 0 bridgehead atoms. The third-order valence-corrected chi connectivity index (χ3v) is 6.18. The number of carboxylic acid groups (broad SMARTS) is 1. The standard InChI is InChI=1S/C12H20N2O3S2/c1-3-9-6-13(4-5-18-9)12(17)14-8(2)19-7-10(14)11(15)16/h8-10H,3-7H2,1-2H3,(H,15,16). The zero-order valence-corrected chi connectivity index (χ0v) is 12.9. The molecule has 19 heavy (non-hydrogen) atoms. The fourth-order valence-corrected chi connectivity index (χ4v) is 4.77. The Kier molecular flexibility index (Phi) is 4.89. The molecule has 0 aliphatic carbocycles. The maximum Gasteiger partial charge on any atom is 0.327 e. The van der Waals surface area contributed by atoms with Gasteiger partial charge in [-0.1, -0.05) is 6.92 Å². The van der Waals surface area contributed by atoms with Gasteiger partial charge in [-0.25, -0.2) is 9.59 Å². The minimum Gasteiger partial charge on any atom is -0.480 e. The third kappa shape index (κ3) is 3.13. The van der Waals surface area contributed by atoms with Crippen molar-refractivity contribution in [2.45, 2.75) is 36.9 Å². The van der Waals surface area contributed by atoms with Crippen LogP contribution in [0.2, 0.25) is 0 Å². The Morgan fingerprint density at radius 1 is 1.37 bits per heavy atom. The van der Waals surface area contributed by atoms with Crippen LogP contribution in [0.1, 0.15) is 20.3 Å². The highest BCUT2D eigenvalue weighted by molar-refractivity contribution is 8.00. The van der Waals surface area contributed by atoms with Gasteiger partial charge in [-0.15, -0.1) is 11.8 Å². The number of carbonyl (C=O) groups excluding carboxylic acids is 1. The maximum absolute atomic E-state index is 12.6. The number of urea groups is 1. The Hall–Kier alpha value is -0.560. The van der Waals surface area contributed by atoms with Crippen molar-refractivity contribution in [3.63, 3.8) is 0 Å². The first-order chi connectivity index (χ1) is 9.04. The van der Waals surface area contributed by atoms with Gasteiger partial charge in [0.05, 0.1) is 5.37 Å². The van der Waals surface area contributed by atoms with Crippen LogP contribution in [0.25, 0.3) is 0 Å². The topological polar surface area (TPSA) is 60.9 Å². The second kappa shape index (κ2) is 6.26. The lowest BCUT2D eigenvalue weighted by Gasteiger charge is -2.37. The van der Waals surface area contributed by atoms with Crippen LogP contribution in [0, 0.1) is 0 Å². The van der Waals surface area contributed by atoms with Crippen molar-refractivity contribution >= 4 is 35.5 Å². The first-order valence-corrected chi connectivity index (χ1v) is 8.67. The average molecular weight is 304 g/mol. The minimum atomic E-state index is -0.899. The molecule has 2 amide bonds. The van der Waals surface area contributed by atoms with Gasteiger partial charge in [0, 0.05) is 29.8 Å². The van der Waals surface area contributed by atoms with E-state index in [1.54, 1.807) is 0 Å². The molecule has 2 rings (SSSR count). The molecule has 2 aliphatic rings. The fraction of sp³-hybridized carbons (Fsp3) is 0.833. The summed E-state index contributed by atoms with van der Waals surface area (Å²) in [5, 5.41) is 9.64. The van der Waals surface area contributed by atoms with Crippen molar-refractivity contribution in [3.8, 4) is 0 Å². The molecular formula is C12H20N2O3S2. The van der Waals surface area contributed by atoms with E-state index in [-0.39, 0.29) is 11.4 Å². The van der Waals surface area contributed by atoms with Crippen LogP contribution >= 0.6 is 23.5 Å². The highest BCUT2D eigenvalue weighted by Gasteiger charge is 2.41. The van der Waals surface area contributed by atoms with Crippen molar-refractivity contribution in [3.05, 3.63) is 0 Å². The number of hydrogen-bond donors (Lipinski definition) is 1. The van der Waals surface area contributed by atoms with Gasteiger partial charge in [-0.3, -0.25) is 4.90 Å². The number of hydrogen-bond acceptors (Lipinski definition) is 4. The van der Waals surface area contributed by atoms with Crippen LogP contribution in [-0.2, 0) is 4.79 Å². The monoisotopic (exact) mass is 304 g/mol. The zero-order chi connectivity index (χ0) is 14.0. The van der Waals surface area contributed by atoms with E-state index in [9.17, 15) is 14.7 Å². The molecule has 108 valence electrons. The summed E-state index contributed by atoms with van der Waals surface area (Å²) < 4.78 is 0. The molecule has 2 heterocycles. The van der Waals surface area contributed by atoms with Crippen molar-refractivity contribution < 1.29 is 14.7 Å². The van der Waals surface area contributed by atoms with Crippen LogP contribution in [0.15, 0.2) is 0 Å². The summed E-state index contributed by atoms with van der Waals surface area (Å²) in [4.78, 5) is 27.1. The second-order valence-electron chi connectivity index (χ2n) is 4.82. The Morgan fingerprint density at radius 2 is 2.11 bits per heavy atom. The van der Waals surface area contributed by atoms with E-state index in [1.807, 2.05) is 23.6 Å². The van der Waals surface area contributed by atoms with Gasteiger partial charge in [-0.05, 0) is 13.3 Å². The van der Waals surface area contributed by atoms with E-state index < -0.39 is 12.0 Å². The predicted octanol–water partition coefficient (Wildman–Crippen LogP) is 1.78. The molecule has 0 saturated carbocycles. The quantitative estimate of drug-likeness (QED) is 0.842. The highest BCUT2D eigenvalue weighted by atomic mass is 32.2. The van der Waals surface area contributed by atoms with Crippen LogP contribution in [-0.4, -0.2) is 68.2 Å². The number of rotatable bonds is 2. The number of thioether (sulfide) groups is 2. The SMILES string of the molecule is CCC1CN(C(=O)N2C(C)SCC2C(=O)O)CCS1. The smallest absolute Gasteiger partial charge is 0.327 e. The predicted molar refractivity (Wildman–Crippen MR) is 78.7 cm³/mol. The average Bonchev–Trinajstić information content (AvgIpc) is 2.80. The van der Waals surface area contributed by atoms with Crippen LogP contribution < -0.4 is 0 Å². The normalized spacial score (nSPS) is 31.6. The summed E-state index contributed by atoms with van der Waals surface area (Å²) in [5.74, 6) is 0.531. The number of carboxylic acids is 1. The van der Waals surface area contributed by atoms with E-state index in [4.69, 9.17) is 0 Å². The summed E-state index contributed by atoms with van der Waals surface area (Å²) in [6, 6.07) is -0.786. The molecule has 0 aromatic heterocycles. The molecule has 1 N–H and O–H groups in total. The highest BCUT2D eigenvalue weighted by Crippen LogP contribution is 2.31. The van der Waals surface area contributed by atoms with Gasteiger partial charge in [0.15, 0.2) is 0 Å². The summed E-state index contributed by atoms with van der Waals surface area (Å²) >= 11 is 3.43. The van der Waals surface area contributed by atoms with Gasteiger partial charge in [0.25, 0.3) is 0 Å². The van der Waals surface area contributed by atoms with E-state index >= 15 is 0 Å². The van der Waals surface area contributed by atoms with E-state index in [2.05, 4.69) is 6.92 Å². The molecule has 5 nitrogen and oxygen atoms in total. The largest absolute Gasteiger partial charge is 0.480 e. The molecule has 0 aromatic carbocycles. The van der Waals surface area contributed by atoms with Crippen LogP contribution in [0.4, 0.5) is 4.79 Å². The van der Waals surface area contributed by atoms with Crippen LogP contribution in [0.5, 0.6) is 0 Å². The number of carbonyl (C=O) groups is 2. The van der Waals surface area contributed by atoms with E-state index in [0.717, 1.165) is 25.3 Å². The van der Waals surface area contributed by atoms with E-state index in [1.165, 1.54) is 16.7 Å². The number of aliphatic carboxylic acids is 1. The third-order valence-electron chi connectivity index (χ3n) is 3.59. The molecule has 3 unspecified atom stereocenters. The number of nitrogens with zero attached hydrogens (tertiary/aromatic N) is 2. The lowest BCUT2D eigenvalue weighted by Crippen LogP contribution is -2.54. The van der Waals surface area contributed by atoms with Crippen molar-refractivity contribution in [1.29, 1.82) is 0 Å².